The standard InChI is InChI=1S/C24H29FN4O5S2/c1-33-19-7-8-20-22(23(19)34-2)27-24(35-20)29-14-12-28(13-15-29)11-10-26-21(30)9-16-36(31,32)18-5-3-17(25)4-6-18/h3-8H,9-16H2,1-2H3,(H,26,30). The molecule has 0 spiro atoms. The topological polar surface area (TPSA) is 101 Å². The van der Waals surface area contributed by atoms with Crippen LogP contribution in [0.1, 0.15) is 6.42 Å². The highest BCUT2D eigenvalue weighted by Crippen LogP contribution is 2.40. The number of halogens is 1. The van der Waals surface area contributed by atoms with Gasteiger partial charge in [-0.05, 0) is 36.4 Å². The summed E-state index contributed by atoms with van der Waals surface area (Å²) >= 11 is 1.62. The van der Waals surface area contributed by atoms with Gasteiger partial charge in [0.05, 0.1) is 29.6 Å². The number of methoxy groups -OCH3 is 2. The summed E-state index contributed by atoms with van der Waals surface area (Å²) in [6.45, 7) is 4.38. The molecular formula is C24H29FN4O5S2. The summed E-state index contributed by atoms with van der Waals surface area (Å²) in [6, 6.07) is 8.48. The molecule has 0 unspecified atom stereocenters. The number of hydrogen-bond donors (Lipinski definition) is 1. The monoisotopic (exact) mass is 536 g/mol. The molecule has 1 fully saturated rings. The molecule has 12 heteroatoms. The van der Waals surface area contributed by atoms with E-state index >= 15 is 0 Å². The van der Waals surface area contributed by atoms with E-state index in [1.807, 2.05) is 12.1 Å². The van der Waals surface area contributed by atoms with Crippen LogP contribution in [-0.2, 0) is 14.6 Å². The smallest absolute Gasteiger partial charge is 0.221 e. The highest BCUT2D eigenvalue weighted by atomic mass is 32.2. The van der Waals surface area contributed by atoms with Crippen molar-refractivity contribution in [1.29, 1.82) is 0 Å². The second-order valence-electron chi connectivity index (χ2n) is 8.35. The first-order valence-corrected chi connectivity index (χ1v) is 14.0. The summed E-state index contributed by atoms with van der Waals surface area (Å²) in [4.78, 5) is 21.4. The summed E-state index contributed by atoms with van der Waals surface area (Å²) in [6.07, 6.45) is -0.140. The molecule has 1 aliphatic rings. The maximum Gasteiger partial charge on any atom is 0.221 e. The number of amides is 1. The third-order valence-electron chi connectivity index (χ3n) is 6.05. The van der Waals surface area contributed by atoms with Crippen LogP contribution in [0, 0.1) is 5.82 Å². The Bertz CT molecular complexity index is 1310. The van der Waals surface area contributed by atoms with Crippen LogP contribution in [0.25, 0.3) is 10.2 Å². The maximum atomic E-state index is 13.0. The lowest BCUT2D eigenvalue weighted by Crippen LogP contribution is -2.48. The van der Waals surface area contributed by atoms with E-state index in [9.17, 15) is 17.6 Å². The second-order valence-corrected chi connectivity index (χ2v) is 11.5. The predicted octanol–water partition coefficient (Wildman–Crippen LogP) is 2.55. The molecule has 2 aromatic carbocycles. The fourth-order valence-electron chi connectivity index (χ4n) is 4.02. The zero-order valence-electron chi connectivity index (χ0n) is 20.2. The minimum absolute atomic E-state index is 0.0141. The minimum Gasteiger partial charge on any atom is -0.493 e. The average Bonchev–Trinajstić information content (AvgIpc) is 3.32. The molecular weight excluding hydrogens is 507 g/mol. The van der Waals surface area contributed by atoms with Crippen molar-refractivity contribution in [3.63, 3.8) is 0 Å². The van der Waals surface area contributed by atoms with Gasteiger partial charge in [-0.3, -0.25) is 9.69 Å². The van der Waals surface area contributed by atoms with Crippen LogP contribution < -0.4 is 19.7 Å². The van der Waals surface area contributed by atoms with Crippen LogP contribution in [0.2, 0.25) is 0 Å². The zero-order valence-corrected chi connectivity index (χ0v) is 21.8. The fourth-order valence-corrected chi connectivity index (χ4v) is 6.28. The molecule has 1 aromatic heterocycles. The van der Waals surface area contributed by atoms with Gasteiger partial charge in [-0.25, -0.2) is 17.8 Å². The van der Waals surface area contributed by atoms with Crippen LogP contribution >= 0.6 is 11.3 Å². The van der Waals surface area contributed by atoms with Crippen LogP contribution in [0.5, 0.6) is 11.5 Å². The van der Waals surface area contributed by atoms with Gasteiger partial charge >= 0.3 is 0 Å². The largest absolute Gasteiger partial charge is 0.493 e. The average molecular weight is 537 g/mol. The number of benzene rings is 2. The second kappa shape index (κ2) is 11.4. The Morgan fingerprint density at radius 1 is 1.08 bits per heavy atom. The van der Waals surface area contributed by atoms with E-state index < -0.39 is 15.7 Å². The Balaban J connectivity index is 1.21. The number of anilines is 1. The number of rotatable bonds is 10. The molecule has 0 aliphatic carbocycles. The third-order valence-corrected chi connectivity index (χ3v) is 8.87. The van der Waals surface area contributed by atoms with E-state index in [-0.39, 0.29) is 23.0 Å². The number of hydrogen-bond acceptors (Lipinski definition) is 9. The van der Waals surface area contributed by atoms with Crippen LogP contribution in [0.3, 0.4) is 0 Å². The molecule has 1 N–H and O–H groups in total. The van der Waals surface area contributed by atoms with Crippen molar-refractivity contribution < 1.29 is 27.1 Å². The lowest BCUT2D eigenvalue weighted by molar-refractivity contribution is -0.120. The van der Waals surface area contributed by atoms with Gasteiger partial charge in [-0.2, -0.15) is 0 Å². The van der Waals surface area contributed by atoms with Gasteiger partial charge < -0.3 is 19.7 Å². The van der Waals surface area contributed by atoms with Crippen molar-refractivity contribution in [3.05, 3.63) is 42.2 Å². The first-order valence-electron chi connectivity index (χ1n) is 11.5. The van der Waals surface area contributed by atoms with E-state index in [4.69, 9.17) is 14.5 Å². The van der Waals surface area contributed by atoms with Gasteiger partial charge in [-0.15, -0.1) is 0 Å². The highest BCUT2D eigenvalue weighted by Gasteiger charge is 2.22. The molecule has 0 saturated carbocycles. The molecule has 1 aliphatic heterocycles. The van der Waals surface area contributed by atoms with Gasteiger partial charge in [0.15, 0.2) is 26.5 Å². The van der Waals surface area contributed by atoms with Gasteiger partial charge in [0.25, 0.3) is 0 Å². The van der Waals surface area contributed by atoms with Gasteiger partial charge in [0, 0.05) is 45.7 Å². The van der Waals surface area contributed by atoms with Crippen molar-refractivity contribution in [2.45, 2.75) is 11.3 Å². The van der Waals surface area contributed by atoms with E-state index in [0.717, 1.165) is 53.7 Å². The first kappa shape index (κ1) is 26.1. The summed E-state index contributed by atoms with van der Waals surface area (Å²) < 4.78 is 49.5. The summed E-state index contributed by atoms with van der Waals surface area (Å²) in [5, 5.41) is 3.73. The van der Waals surface area contributed by atoms with Crippen LogP contribution in [0.15, 0.2) is 41.3 Å². The first-order chi connectivity index (χ1) is 17.3. The lowest BCUT2D eigenvalue weighted by Gasteiger charge is -2.34. The molecule has 9 nitrogen and oxygen atoms in total. The van der Waals surface area contributed by atoms with Crippen molar-refractivity contribution >= 4 is 42.4 Å². The Morgan fingerprint density at radius 2 is 1.81 bits per heavy atom. The molecule has 0 bridgehead atoms. The highest BCUT2D eigenvalue weighted by molar-refractivity contribution is 7.91. The van der Waals surface area contributed by atoms with E-state index in [0.29, 0.717) is 24.6 Å². The SMILES string of the molecule is COc1ccc2sc(N3CCN(CCNC(=O)CCS(=O)(=O)c4ccc(F)cc4)CC3)nc2c1OC. The molecule has 194 valence electrons. The Hall–Kier alpha value is -2.96. The van der Waals surface area contributed by atoms with Gasteiger partial charge in [-0.1, -0.05) is 11.3 Å². The van der Waals surface area contributed by atoms with Crippen molar-refractivity contribution in [1.82, 2.24) is 15.2 Å². The predicted molar refractivity (Wildman–Crippen MR) is 137 cm³/mol. The van der Waals surface area contributed by atoms with Crippen molar-refractivity contribution in [3.8, 4) is 11.5 Å². The van der Waals surface area contributed by atoms with E-state index in [1.165, 1.54) is 12.1 Å². The zero-order chi connectivity index (χ0) is 25.7. The molecule has 1 amide bonds. The Morgan fingerprint density at radius 3 is 2.47 bits per heavy atom. The number of sulfone groups is 1. The summed E-state index contributed by atoms with van der Waals surface area (Å²) in [7, 11) is -0.417. The van der Waals surface area contributed by atoms with Crippen LogP contribution in [0.4, 0.5) is 9.52 Å². The number of piperazine rings is 1. The van der Waals surface area contributed by atoms with Gasteiger partial charge in [0.1, 0.15) is 11.3 Å². The number of thiazole rings is 1. The number of ether oxygens (including phenoxy) is 2. The fraction of sp³-hybridized carbons (Fsp3) is 0.417. The molecule has 4 rings (SSSR count). The summed E-state index contributed by atoms with van der Waals surface area (Å²) in [5.41, 5.74) is 0.795. The lowest BCUT2D eigenvalue weighted by atomic mass is 10.3. The number of fused-ring (bicyclic) bond motifs is 1. The number of aromatic nitrogens is 1. The van der Waals surface area contributed by atoms with E-state index in [2.05, 4.69) is 15.1 Å². The number of carbonyl (C=O) groups is 1. The normalized spacial score (nSPS) is 14.7. The third kappa shape index (κ3) is 6.05. The number of nitrogens with one attached hydrogen (secondary N) is 1. The van der Waals surface area contributed by atoms with Crippen molar-refractivity contribution in [2.24, 2.45) is 0 Å². The quantitative estimate of drug-likeness (QED) is 0.395. The van der Waals surface area contributed by atoms with Crippen LogP contribution in [-0.4, -0.2) is 83.4 Å². The maximum absolute atomic E-state index is 13.0. The van der Waals surface area contributed by atoms with Crippen molar-refractivity contribution in [2.75, 3.05) is 64.1 Å². The summed E-state index contributed by atoms with van der Waals surface area (Å²) in [5.74, 6) is 0.146. The Kier molecular flexibility index (Phi) is 8.27. The van der Waals surface area contributed by atoms with E-state index in [1.54, 1.807) is 25.6 Å². The van der Waals surface area contributed by atoms with Gasteiger partial charge in [0.2, 0.25) is 5.91 Å². The molecule has 0 atom stereocenters. The molecule has 36 heavy (non-hydrogen) atoms. The Labute approximate surface area is 213 Å². The number of nitrogens with zero attached hydrogens (tertiary/aromatic N) is 3. The molecule has 1 saturated heterocycles. The number of carbonyl (C=O) groups excluding carboxylic acids is 1. The molecule has 0 radical (unpaired) electrons. The molecule has 3 aromatic rings. The molecule has 2 heterocycles. The minimum atomic E-state index is -3.63.